The second-order valence-electron chi connectivity index (χ2n) is 11.4. The Bertz CT molecular complexity index is 1190. The van der Waals surface area contributed by atoms with Crippen molar-refractivity contribution in [3.8, 4) is 11.8 Å². The molecule has 2 N–H and O–H groups in total. The fraction of sp³-hybridized carbons (Fsp3) is 0.545. The summed E-state index contributed by atoms with van der Waals surface area (Å²) in [5, 5.41) is 6.47. The molecule has 0 aromatic heterocycles. The van der Waals surface area contributed by atoms with Crippen LogP contribution in [0.3, 0.4) is 0 Å². The molecular weight excluding hydrogens is 482 g/mol. The van der Waals surface area contributed by atoms with Crippen LogP contribution < -0.4 is 15.5 Å². The molecule has 2 heterocycles. The topological polar surface area (TPSA) is 50.9 Å². The molecule has 2 fully saturated rings. The van der Waals surface area contributed by atoms with Crippen LogP contribution in [0.15, 0.2) is 47.3 Å². The molecule has 3 aliphatic rings. The predicted molar refractivity (Wildman–Crippen MR) is 163 cm³/mol. The van der Waals surface area contributed by atoms with Gasteiger partial charge in [-0.15, -0.1) is 0 Å². The third-order valence-corrected chi connectivity index (χ3v) is 8.47. The number of carbonyl (C=O) groups is 1. The van der Waals surface area contributed by atoms with Crippen molar-refractivity contribution in [2.75, 3.05) is 57.8 Å². The Morgan fingerprint density at radius 1 is 1.13 bits per heavy atom. The van der Waals surface area contributed by atoms with Gasteiger partial charge in [-0.05, 0) is 82.5 Å². The first-order valence-corrected chi connectivity index (χ1v) is 14.7. The first-order valence-electron chi connectivity index (χ1n) is 14.7. The van der Waals surface area contributed by atoms with Gasteiger partial charge < -0.3 is 20.4 Å². The Balaban J connectivity index is 1.60. The van der Waals surface area contributed by atoms with Crippen LogP contribution in [0.25, 0.3) is 0 Å². The number of hydrogen-bond acceptors (Lipinski definition) is 5. The molecule has 0 atom stereocenters. The molecule has 0 radical (unpaired) electrons. The minimum Gasteiger partial charge on any atom is -0.369 e. The molecule has 1 aromatic carbocycles. The van der Waals surface area contributed by atoms with Gasteiger partial charge in [0.25, 0.3) is 5.91 Å². The number of dihydropyridines is 1. The number of amides is 1. The maximum Gasteiger partial charge on any atom is 0.251 e. The van der Waals surface area contributed by atoms with Crippen molar-refractivity contribution in [2.24, 2.45) is 0 Å². The van der Waals surface area contributed by atoms with Crippen LogP contribution in [-0.2, 0) is 0 Å². The van der Waals surface area contributed by atoms with E-state index in [1.807, 2.05) is 13.0 Å². The lowest BCUT2D eigenvalue weighted by atomic mass is 9.92. The maximum atomic E-state index is 13.7. The van der Waals surface area contributed by atoms with Gasteiger partial charge in [0.2, 0.25) is 0 Å². The zero-order valence-corrected chi connectivity index (χ0v) is 24.8. The van der Waals surface area contributed by atoms with Crippen LogP contribution >= 0.6 is 0 Å². The maximum absolute atomic E-state index is 13.7. The van der Waals surface area contributed by atoms with Gasteiger partial charge in [0, 0.05) is 73.5 Å². The molecule has 1 aliphatic carbocycles. The highest BCUT2D eigenvalue weighted by atomic mass is 16.1. The van der Waals surface area contributed by atoms with Gasteiger partial charge in [0.15, 0.2) is 0 Å². The number of nitrogens with zero attached hydrogens (tertiary/aromatic N) is 3. The van der Waals surface area contributed by atoms with Gasteiger partial charge >= 0.3 is 0 Å². The number of rotatable bonds is 7. The van der Waals surface area contributed by atoms with Crippen LogP contribution in [0.2, 0.25) is 0 Å². The van der Waals surface area contributed by atoms with Crippen LogP contribution in [0.5, 0.6) is 0 Å². The van der Waals surface area contributed by atoms with Crippen molar-refractivity contribution in [2.45, 2.75) is 65.8 Å². The SMILES string of the molecule is C=C1NC(C)=CC(C)=C1CNC(=O)c1cc(C#CCN2CCN(C)CC2)cc(N(CC)C2CCCCC2)c1C. The van der Waals surface area contributed by atoms with Crippen molar-refractivity contribution in [3.05, 3.63) is 64.0 Å². The standard InChI is InChI=1S/C33H47N5O/c1-7-38(29-13-9-8-10-14-29)32-22-28(12-11-15-37-18-16-36(6)17-19-37)21-30(26(32)4)33(39)34-23-31-24(2)20-25(3)35-27(31)5/h20-22,29,35H,5,7-10,13-19,23H2,1-4,6H3,(H,34,39). The van der Waals surface area contributed by atoms with E-state index in [-0.39, 0.29) is 5.91 Å². The van der Waals surface area contributed by atoms with E-state index in [1.54, 1.807) is 0 Å². The molecule has 1 aromatic rings. The van der Waals surface area contributed by atoms with Crippen LogP contribution in [0.4, 0.5) is 5.69 Å². The van der Waals surface area contributed by atoms with Crippen molar-refractivity contribution in [3.63, 3.8) is 0 Å². The number of anilines is 1. The Kier molecular flexibility index (Phi) is 9.94. The first-order chi connectivity index (χ1) is 18.8. The van der Waals surface area contributed by atoms with E-state index in [4.69, 9.17) is 0 Å². The Morgan fingerprint density at radius 2 is 1.85 bits per heavy atom. The molecule has 210 valence electrons. The first kappa shape index (κ1) is 29.0. The summed E-state index contributed by atoms with van der Waals surface area (Å²) >= 11 is 0. The van der Waals surface area contributed by atoms with E-state index in [0.717, 1.165) is 78.6 Å². The molecule has 6 nitrogen and oxygen atoms in total. The van der Waals surface area contributed by atoms with E-state index >= 15 is 0 Å². The highest BCUT2D eigenvalue weighted by Crippen LogP contribution is 2.32. The summed E-state index contributed by atoms with van der Waals surface area (Å²) in [6.45, 7) is 19.0. The van der Waals surface area contributed by atoms with Crippen molar-refractivity contribution in [1.29, 1.82) is 0 Å². The summed E-state index contributed by atoms with van der Waals surface area (Å²) in [6, 6.07) is 4.72. The van der Waals surface area contributed by atoms with E-state index < -0.39 is 0 Å². The lowest BCUT2D eigenvalue weighted by molar-refractivity contribution is 0.0956. The summed E-state index contributed by atoms with van der Waals surface area (Å²) < 4.78 is 0. The number of carbonyl (C=O) groups excluding carboxylic acids is 1. The number of allylic oxidation sites excluding steroid dienone is 3. The van der Waals surface area contributed by atoms with E-state index in [2.05, 4.69) is 83.7 Å². The summed E-state index contributed by atoms with van der Waals surface area (Å²) in [5.41, 5.74) is 7.90. The number of hydrogen-bond donors (Lipinski definition) is 2. The fourth-order valence-electron chi connectivity index (χ4n) is 6.09. The van der Waals surface area contributed by atoms with E-state index in [9.17, 15) is 4.79 Å². The molecule has 39 heavy (non-hydrogen) atoms. The minimum absolute atomic E-state index is 0.0597. The molecule has 6 heteroatoms. The molecule has 1 saturated heterocycles. The number of benzene rings is 1. The molecular formula is C33H47N5O. The Hall–Kier alpha value is -3.01. The number of likely N-dealkylation sites (N-methyl/N-ethyl adjacent to an activating group) is 1. The average Bonchev–Trinajstić information content (AvgIpc) is 2.91. The normalized spacial score (nSPS) is 19.2. The molecule has 1 amide bonds. The monoisotopic (exact) mass is 529 g/mol. The average molecular weight is 530 g/mol. The number of nitrogens with one attached hydrogen (secondary N) is 2. The van der Waals surface area contributed by atoms with Crippen molar-refractivity contribution in [1.82, 2.24) is 20.4 Å². The minimum atomic E-state index is -0.0597. The summed E-state index contributed by atoms with van der Waals surface area (Å²) in [6.07, 6.45) is 8.39. The van der Waals surface area contributed by atoms with E-state index in [0.29, 0.717) is 18.2 Å². The predicted octanol–water partition coefficient (Wildman–Crippen LogP) is 4.82. The van der Waals surface area contributed by atoms with Crippen LogP contribution in [0, 0.1) is 18.8 Å². The van der Waals surface area contributed by atoms with Gasteiger partial charge in [-0.25, -0.2) is 0 Å². The van der Waals surface area contributed by atoms with Crippen molar-refractivity contribution >= 4 is 11.6 Å². The van der Waals surface area contributed by atoms with Gasteiger partial charge in [-0.2, -0.15) is 0 Å². The van der Waals surface area contributed by atoms with Crippen LogP contribution in [0.1, 0.15) is 74.4 Å². The molecule has 2 aliphatic heterocycles. The Labute approximate surface area is 236 Å². The summed E-state index contributed by atoms with van der Waals surface area (Å²) in [7, 11) is 2.17. The summed E-state index contributed by atoms with van der Waals surface area (Å²) in [4.78, 5) is 20.9. The molecule has 1 saturated carbocycles. The molecule has 4 rings (SSSR count). The molecule has 0 bridgehead atoms. The quantitative estimate of drug-likeness (QED) is 0.496. The zero-order chi connectivity index (χ0) is 27.9. The fourth-order valence-corrected chi connectivity index (χ4v) is 6.09. The van der Waals surface area contributed by atoms with Gasteiger partial charge in [0.1, 0.15) is 0 Å². The lowest BCUT2D eigenvalue weighted by Gasteiger charge is -2.37. The smallest absolute Gasteiger partial charge is 0.251 e. The number of piperazine rings is 1. The lowest BCUT2D eigenvalue weighted by Crippen LogP contribution is -2.44. The second kappa shape index (κ2) is 13.4. The van der Waals surface area contributed by atoms with Crippen molar-refractivity contribution < 1.29 is 4.79 Å². The van der Waals surface area contributed by atoms with Gasteiger partial charge in [-0.3, -0.25) is 9.69 Å². The molecule has 0 spiro atoms. The third kappa shape index (κ3) is 7.35. The largest absolute Gasteiger partial charge is 0.369 e. The molecule has 0 unspecified atom stereocenters. The highest BCUT2D eigenvalue weighted by molar-refractivity contribution is 5.98. The van der Waals surface area contributed by atoms with Gasteiger partial charge in [0.05, 0.1) is 6.54 Å². The van der Waals surface area contributed by atoms with E-state index in [1.165, 1.54) is 32.1 Å². The highest BCUT2D eigenvalue weighted by Gasteiger charge is 2.24. The van der Waals surface area contributed by atoms with Gasteiger partial charge in [-0.1, -0.05) is 37.7 Å². The zero-order valence-electron chi connectivity index (χ0n) is 24.8. The van der Waals surface area contributed by atoms with Crippen LogP contribution in [-0.4, -0.2) is 74.6 Å². The third-order valence-electron chi connectivity index (χ3n) is 8.47. The Morgan fingerprint density at radius 3 is 2.51 bits per heavy atom. The second-order valence-corrected chi connectivity index (χ2v) is 11.4. The summed E-state index contributed by atoms with van der Waals surface area (Å²) in [5.74, 6) is 6.77.